The molecule has 2 heterocycles. The van der Waals surface area contributed by atoms with Gasteiger partial charge in [0, 0.05) is 49.9 Å². The van der Waals surface area contributed by atoms with Gasteiger partial charge in [0.05, 0.1) is 16.7 Å². The highest BCUT2D eigenvalue weighted by atomic mass is 32.2. The largest absolute Gasteiger partial charge is 0.489 e. The Morgan fingerprint density at radius 3 is 2.35 bits per heavy atom. The van der Waals surface area contributed by atoms with E-state index in [1.54, 1.807) is 11.1 Å². The van der Waals surface area contributed by atoms with Gasteiger partial charge in [0.25, 0.3) is 0 Å². The highest BCUT2D eigenvalue weighted by Gasteiger charge is 2.32. The predicted octanol–water partition coefficient (Wildman–Crippen LogP) is 1.12. The number of carboxylic acid groups (broad SMARTS) is 1. The van der Waals surface area contributed by atoms with Crippen LogP contribution in [0.25, 0.3) is 10.9 Å². The number of fused-ring (bicyclic) bond motifs is 1. The summed E-state index contributed by atoms with van der Waals surface area (Å²) < 4.78 is 58.5. The van der Waals surface area contributed by atoms with Crippen LogP contribution in [0.1, 0.15) is 5.56 Å². The molecule has 0 aliphatic carbocycles. The first kappa shape index (κ1) is 26.9. The van der Waals surface area contributed by atoms with Crippen molar-refractivity contribution in [2.45, 2.75) is 17.5 Å². The zero-order valence-electron chi connectivity index (χ0n) is 20.1. The maximum atomic E-state index is 12.8. The van der Waals surface area contributed by atoms with Gasteiger partial charge < -0.3 is 9.84 Å². The molecule has 4 rings (SSSR count). The third-order valence-electron chi connectivity index (χ3n) is 6.20. The smallest absolute Gasteiger partial charge is 0.322 e. The lowest BCUT2D eigenvalue weighted by molar-refractivity contribution is -0.143. The van der Waals surface area contributed by atoms with Crippen molar-refractivity contribution in [2.24, 2.45) is 0 Å². The molecular formula is C24H28N4O7S2. The van der Waals surface area contributed by atoms with Gasteiger partial charge in [0.15, 0.2) is 0 Å². The number of para-hydroxylation sites is 1. The molecule has 11 nitrogen and oxygen atoms in total. The standard InChI is InChI=1S/C24H28N4O7S2/c1-36(31,32)28-14-12-27(13-15-28)23(24(29)30)16-26-37(33,34)20-8-6-19(7-9-20)35-17-18-10-11-25-22-5-3-2-4-21(18)22/h2-11,23,26H,12-17H2,1H3,(H,29,30)/t23-/m0/s1. The Labute approximate surface area is 215 Å². The number of aromatic nitrogens is 1. The fraction of sp³-hybridized carbons (Fsp3) is 0.333. The van der Waals surface area contributed by atoms with Crippen LogP contribution in [0.4, 0.5) is 0 Å². The summed E-state index contributed by atoms with van der Waals surface area (Å²) in [6.45, 7) is 0.581. The zero-order valence-corrected chi connectivity index (χ0v) is 21.8. The monoisotopic (exact) mass is 548 g/mol. The number of carboxylic acids is 1. The average molecular weight is 549 g/mol. The van der Waals surface area contributed by atoms with Gasteiger partial charge in [-0.1, -0.05) is 18.2 Å². The molecule has 3 aromatic rings. The van der Waals surface area contributed by atoms with Crippen LogP contribution in [0, 0.1) is 0 Å². The number of ether oxygens (including phenoxy) is 1. The summed E-state index contributed by atoms with van der Waals surface area (Å²) in [6.07, 6.45) is 2.81. The molecule has 1 atom stereocenters. The van der Waals surface area contributed by atoms with Crippen molar-refractivity contribution < 1.29 is 31.5 Å². The zero-order chi connectivity index (χ0) is 26.6. The molecule has 0 spiro atoms. The molecule has 1 aliphatic rings. The summed E-state index contributed by atoms with van der Waals surface area (Å²) in [7, 11) is -7.35. The Bertz CT molecular complexity index is 1470. The second-order valence-corrected chi connectivity index (χ2v) is 12.4. The van der Waals surface area contributed by atoms with E-state index in [2.05, 4.69) is 9.71 Å². The number of sulfonamides is 2. The Balaban J connectivity index is 1.36. The number of hydrogen-bond acceptors (Lipinski definition) is 8. The molecule has 0 saturated carbocycles. The van der Waals surface area contributed by atoms with Gasteiger partial charge in [-0.3, -0.25) is 14.7 Å². The first-order valence-electron chi connectivity index (χ1n) is 11.5. The van der Waals surface area contributed by atoms with Gasteiger partial charge in [0.2, 0.25) is 20.0 Å². The summed E-state index contributed by atoms with van der Waals surface area (Å²) in [6, 6.07) is 14.3. The topological polar surface area (TPSA) is 146 Å². The predicted molar refractivity (Wildman–Crippen MR) is 137 cm³/mol. The number of piperazine rings is 1. The minimum Gasteiger partial charge on any atom is -0.489 e. The number of hydrogen-bond donors (Lipinski definition) is 2. The van der Waals surface area contributed by atoms with Crippen LogP contribution >= 0.6 is 0 Å². The van der Waals surface area contributed by atoms with Gasteiger partial charge in [-0.25, -0.2) is 21.6 Å². The molecule has 1 aromatic heterocycles. The number of aliphatic carboxylic acids is 1. The minimum atomic E-state index is -3.98. The van der Waals surface area contributed by atoms with Crippen molar-refractivity contribution in [1.29, 1.82) is 0 Å². The van der Waals surface area contributed by atoms with Crippen LogP contribution in [-0.2, 0) is 31.4 Å². The fourth-order valence-corrected chi connectivity index (χ4v) is 6.01. The number of nitrogens with one attached hydrogen (secondary N) is 1. The van der Waals surface area contributed by atoms with Crippen LogP contribution in [0.5, 0.6) is 5.75 Å². The molecule has 1 aliphatic heterocycles. The molecule has 0 radical (unpaired) electrons. The van der Waals surface area contributed by atoms with Gasteiger partial charge in [-0.15, -0.1) is 0 Å². The van der Waals surface area contributed by atoms with E-state index in [1.807, 2.05) is 30.3 Å². The lowest BCUT2D eigenvalue weighted by Gasteiger charge is -2.36. The Morgan fingerprint density at radius 2 is 1.70 bits per heavy atom. The minimum absolute atomic E-state index is 0.0276. The van der Waals surface area contributed by atoms with E-state index in [9.17, 15) is 26.7 Å². The van der Waals surface area contributed by atoms with Crippen molar-refractivity contribution in [2.75, 3.05) is 39.0 Å². The van der Waals surface area contributed by atoms with Crippen molar-refractivity contribution in [3.63, 3.8) is 0 Å². The van der Waals surface area contributed by atoms with Crippen LogP contribution in [0.3, 0.4) is 0 Å². The molecule has 0 bridgehead atoms. The SMILES string of the molecule is CS(=O)(=O)N1CCN([C@@H](CNS(=O)(=O)c2ccc(OCc3ccnc4ccccc34)cc2)C(=O)O)CC1. The average Bonchev–Trinajstić information content (AvgIpc) is 2.87. The number of carbonyl (C=O) groups is 1. The molecule has 2 aromatic carbocycles. The fourth-order valence-electron chi connectivity index (χ4n) is 4.15. The molecule has 198 valence electrons. The second kappa shape index (κ2) is 11.1. The number of nitrogens with zero attached hydrogens (tertiary/aromatic N) is 3. The van der Waals surface area contributed by atoms with Crippen LogP contribution in [0.15, 0.2) is 65.7 Å². The summed E-state index contributed by atoms with van der Waals surface area (Å²) in [4.78, 5) is 17.7. The molecule has 0 unspecified atom stereocenters. The summed E-state index contributed by atoms with van der Waals surface area (Å²) in [5, 5.41) is 10.6. The van der Waals surface area contributed by atoms with Gasteiger partial charge >= 0.3 is 5.97 Å². The molecule has 37 heavy (non-hydrogen) atoms. The van der Waals surface area contributed by atoms with Crippen LogP contribution in [-0.4, -0.2) is 87.1 Å². The normalized spacial score (nSPS) is 16.5. The second-order valence-electron chi connectivity index (χ2n) is 8.65. The highest BCUT2D eigenvalue weighted by molar-refractivity contribution is 7.89. The van der Waals surface area contributed by atoms with Crippen LogP contribution in [0.2, 0.25) is 0 Å². The molecule has 13 heteroatoms. The van der Waals surface area contributed by atoms with Crippen molar-refractivity contribution in [3.8, 4) is 5.75 Å². The van der Waals surface area contributed by atoms with E-state index < -0.39 is 32.1 Å². The van der Waals surface area contributed by atoms with E-state index in [1.165, 1.54) is 28.6 Å². The third-order valence-corrected chi connectivity index (χ3v) is 8.95. The van der Waals surface area contributed by atoms with Crippen LogP contribution < -0.4 is 9.46 Å². The van der Waals surface area contributed by atoms with Gasteiger partial charge in [-0.2, -0.15) is 4.31 Å². The highest BCUT2D eigenvalue weighted by Crippen LogP contribution is 2.21. The van der Waals surface area contributed by atoms with Crippen molar-refractivity contribution >= 4 is 36.9 Å². The maximum absolute atomic E-state index is 12.8. The van der Waals surface area contributed by atoms with E-state index in [-0.39, 0.29) is 44.2 Å². The third kappa shape index (κ3) is 6.62. The Morgan fingerprint density at radius 1 is 1.03 bits per heavy atom. The lowest BCUT2D eigenvalue weighted by atomic mass is 10.1. The van der Waals surface area contributed by atoms with E-state index >= 15 is 0 Å². The summed E-state index contributed by atoms with van der Waals surface area (Å²) in [5.41, 5.74) is 1.80. The van der Waals surface area contributed by atoms with Crippen molar-refractivity contribution in [1.82, 2.24) is 18.9 Å². The Hall–Kier alpha value is -3.10. The summed E-state index contributed by atoms with van der Waals surface area (Å²) in [5.74, 6) is -0.713. The molecule has 1 saturated heterocycles. The Kier molecular flexibility index (Phi) is 8.09. The van der Waals surface area contributed by atoms with Gasteiger partial charge in [0.1, 0.15) is 18.4 Å². The van der Waals surface area contributed by atoms with E-state index in [4.69, 9.17) is 4.74 Å². The van der Waals surface area contributed by atoms with E-state index in [0.717, 1.165) is 22.7 Å². The number of rotatable bonds is 10. The first-order valence-corrected chi connectivity index (χ1v) is 14.8. The molecular weight excluding hydrogens is 520 g/mol. The number of pyridine rings is 1. The molecule has 2 N–H and O–H groups in total. The quantitative estimate of drug-likeness (QED) is 0.381. The molecule has 0 amide bonds. The number of benzene rings is 2. The summed E-state index contributed by atoms with van der Waals surface area (Å²) >= 11 is 0. The van der Waals surface area contributed by atoms with E-state index in [0.29, 0.717) is 5.75 Å². The molecule has 1 fully saturated rings. The maximum Gasteiger partial charge on any atom is 0.322 e. The van der Waals surface area contributed by atoms with Gasteiger partial charge in [-0.05, 0) is 36.4 Å². The van der Waals surface area contributed by atoms with Crippen molar-refractivity contribution in [3.05, 3.63) is 66.4 Å². The lowest BCUT2D eigenvalue weighted by Crippen LogP contribution is -2.56. The first-order chi connectivity index (χ1) is 17.5.